The van der Waals surface area contributed by atoms with Crippen LogP contribution in [0.2, 0.25) is 0 Å². The van der Waals surface area contributed by atoms with E-state index in [0.29, 0.717) is 55.6 Å². The van der Waals surface area contributed by atoms with E-state index < -0.39 is 18.0 Å². The van der Waals surface area contributed by atoms with Gasteiger partial charge in [0.15, 0.2) is 6.10 Å². The molecule has 0 unspecified atom stereocenters. The predicted octanol–water partition coefficient (Wildman–Crippen LogP) is 7.69. The molecule has 0 radical (unpaired) electrons. The number of allylic oxidation sites excluding steroid dienone is 2. The minimum atomic E-state index is -0.811. The summed E-state index contributed by atoms with van der Waals surface area (Å²) in [6.45, 7) is 7.76. The maximum Gasteiger partial charge on any atom is 0.342 e. The number of carbonyl (C=O) groups excluding carboxylic acids is 5. The molecule has 1 aliphatic heterocycles. The number of unbranched alkanes of at least 4 members (excludes halogenated alkanes) is 8. The minimum Gasteiger partial charge on any atom is -0.507 e. The second kappa shape index (κ2) is 25.0. The lowest BCUT2D eigenvalue weighted by molar-refractivity contribution is -0.166. The highest BCUT2D eigenvalue weighted by atomic mass is 16.6. The van der Waals surface area contributed by atoms with Gasteiger partial charge in [0.25, 0.3) is 0 Å². The molecule has 0 saturated heterocycles. The number of phenolic OH excluding ortho intramolecular Hbond substituents is 1. The smallest absolute Gasteiger partial charge is 0.342 e. The Kier molecular flexibility index (Phi) is 21.2. The number of fused-ring (bicyclic) bond motifs is 1. The van der Waals surface area contributed by atoms with Gasteiger partial charge in [0, 0.05) is 36.8 Å². The molecule has 1 heterocycles. The number of cyclic esters (lactones) is 1. The molecule has 0 bridgehead atoms. The number of carbonyl (C=O) groups is 5. The Morgan fingerprint density at radius 1 is 0.769 bits per heavy atom. The van der Waals surface area contributed by atoms with Crippen LogP contribution in [0.25, 0.3) is 0 Å². The van der Waals surface area contributed by atoms with Gasteiger partial charge < -0.3 is 33.5 Å². The molecule has 1 aromatic carbocycles. The van der Waals surface area contributed by atoms with E-state index in [1.807, 2.05) is 33.8 Å². The average molecular weight is 733 g/mol. The Morgan fingerprint density at radius 2 is 1.33 bits per heavy atom. The third-order valence-corrected chi connectivity index (χ3v) is 8.88. The van der Waals surface area contributed by atoms with Crippen molar-refractivity contribution in [1.29, 1.82) is 0 Å². The lowest BCUT2D eigenvalue weighted by atomic mass is 9.94. The lowest BCUT2D eigenvalue weighted by Gasteiger charge is -2.18. The Bertz CT molecular complexity index is 1330. The third-order valence-electron chi connectivity index (χ3n) is 8.88. The minimum absolute atomic E-state index is 0.112. The first-order valence-electron chi connectivity index (χ1n) is 18.9. The second-order valence-electron chi connectivity index (χ2n) is 13.3. The summed E-state index contributed by atoms with van der Waals surface area (Å²) in [5, 5.41) is 10.8. The van der Waals surface area contributed by atoms with Crippen molar-refractivity contribution < 1.29 is 57.5 Å². The van der Waals surface area contributed by atoms with Crippen LogP contribution >= 0.6 is 0 Å². The van der Waals surface area contributed by atoms with Gasteiger partial charge in [0.2, 0.25) is 0 Å². The first-order valence-corrected chi connectivity index (χ1v) is 18.9. The van der Waals surface area contributed by atoms with Crippen molar-refractivity contribution in [3.63, 3.8) is 0 Å². The quantitative estimate of drug-likeness (QED) is 0.0407. The number of methoxy groups -OCH3 is 1. The zero-order valence-corrected chi connectivity index (χ0v) is 31.9. The molecular weight excluding hydrogens is 672 g/mol. The number of esters is 5. The van der Waals surface area contributed by atoms with Crippen molar-refractivity contribution in [3.8, 4) is 11.5 Å². The van der Waals surface area contributed by atoms with Gasteiger partial charge in [0.05, 0.1) is 13.7 Å². The zero-order valence-electron chi connectivity index (χ0n) is 31.9. The molecule has 1 aliphatic rings. The summed E-state index contributed by atoms with van der Waals surface area (Å²) >= 11 is 0. The van der Waals surface area contributed by atoms with E-state index >= 15 is 0 Å². The number of hydrogen-bond donors (Lipinski definition) is 1. The van der Waals surface area contributed by atoms with E-state index in [4.69, 9.17) is 28.4 Å². The van der Waals surface area contributed by atoms with Gasteiger partial charge in [-0.25, -0.2) is 4.79 Å². The number of aromatic hydroxyl groups is 1. The van der Waals surface area contributed by atoms with Crippen molar-refractivity contribution in [2.24, 2.45) is 0 Å². The molecule has 0 amide bonds. The molecule has 0 aromatic heterocycles. The molecule has 52 heavy (non-hydrogen) atoms. The number of benzene rings is 1. The monoisotopic (exact) mass is 732 g/mol. The average Bonchev–Trinajstić information content (AvgIpc) is 3.51. The van der Waals surface area contributed by atoms with Gasteiger partial charge in [-0.15, -0.1) is 0 Å². The molecule has 12 heteroatoms. The van der Waals surface area contributed by atoms with Crippen molar-refractivity contribution in [2.75, 3.05) is 26.9 Å². The highest BCUT2D eigenvalue weighted by Crippen LogP contribution is 2.42. The van der Waals surface area contributed by atoms with Crippen LogP contribution in [0.4, 0.5) is 0 Å². The number of rotatable bonds is 27. The lowest BCUT2D eigenvalue weighted by Crippen LogP contribution is -2.30. The topological polar surface area (TPSA) is 161 Å². The standard InChI is InChI=1S/C40H60O12/c1-6-17-33(41)49-25-30(26-50-34(42)18-7-2)52-36(44)19-15-13-11-9-8-10-12-14-16-24-48-35(43)23-21-28(3)20-22-31-38(45)37-32(27-51-40(37)46)29(4)39(31)47-5/h20,30,45H,6-19,21-27H2,1-5H3/b28-20+. The summed E-state index contributed by atoms with van der Waals surface area (Å²) < 4.78 is 31.8. The van der Waals surface area contributed by atoms with Crippen molar-refractivity contribution in [1.82, 2.24) is 0 Å². The Hall–Kier alpha value is -4.09. The Labute approximate surface area is 308 Å². The first-order chi connectivity index (χ1) is 25.0. The van der Waals surface area contributed by atoms with Crippen LogP contribution in [0.1, 0.15) is 151 Å². The van der Waals surface area contributed by atoms with Gasteiger partial charge in [-0.05, 0) is 57.9 Å². The largest absolute Gasteiger partial charge is 0.507 e. The van der Waals surface area contributed by atoms with Gasteiger partial charge in [-0.1, -0.05) is 70.4 Å². The molecule has 0 fully saturated rings. The fourth-order valence-corrected chi connectivity index (χ4v) is 5.86. The molecule has 2 rings (SSSR count). The van der Waals surface area contributed by atoms with Crippen LogP contribution in [0.15, 0.2) is 11.6 Å². The van der Waals surface area contributed by atoms with Crippen molar-refractivity contribution >= 4 is 29.8 Å². The summed E-state index contributed by atoms with van der Waals surface area (Å²) in [7, 11) is 1.53. The van der Waals surface area contributed by atoms with E-state index in [1.54, 1.807) is 0 Å². The maximum absolute atomic E-state index is 12.4. The van der Waals surface area contributed by atoms with Crippen LogP contribution in [-0.4, -0.2) is 68.0 Å². The van der Waals surface area contributed by atoms with E-state index in [0.717, 1.165) is 62.5 Å². The molecule has 1 aromatic rings. The molecule has 12 nitrogen and oxygen atoms in total. The Morgan fingerprint density at radius 3 is 1.90 bits per heavy atom. The van der Waals surface area contributed by atoms with Crippen molar-refractivity contribution in [2.45, 2.75) is 150 Å². The third kappa shape index (κ3) is 16.1. The van der Waals surface area contributed by atoms with Crippen LogP contribution in [-0.2, 0) is 55.9 Å². The van der Waals surface area contributed by atoms with Crippen LogP contribution in [0.3, 0.4) is 0 Å². The van der Waals surface area contributed by atoms with Crippen molar-refractivity contribution in [3.05, 3.63) is 33.9 Å². The Balaban J connectivity index is 1.53. The molecule has 0 aliphatic carbocycles. The maximum atomic E-state index is 12.4. The fraction of sp³-hybridized carbons (Fsp3) is 0.675. The van der Waals surface area contributed by atoms with Gasteiger partial charge in [-0.2, -0.15) is 0 Å². The number of ether oxygens (including phenoxy) is 6. The number of hydrogen-bond acceptors (Lipinski definition) is 12. The molecule has 0 atom stereocenters. The van der Waals surface area contributed by atoms with Crippen LogP contribution in [0, 0.1) is 6.92 Å². The molecule has 0 spiro atoms. The first kappa shape index (κ1) is 44.1. The molecule has 1 N–H and O–H groups in total. The van der Waals surface area contributed by atoms with Gasteiger partial charge in [-0.3, -0.25) is 19.2 Å². The summed E-state index contributed by atoms with van der Waals surface area (Å²) in [5.74, 6) is -1.50. The van der Waals surface area contributed by atoms with Gasteiger partial charge >= 0.3 is 29.8 Å². The predicted molar refractivity (Wildman–Crippen MR) is 194 cm³/mol. The highest BCUT2D eigenvalue weighted by Gasteiger charge is 2.32. The van der Waals surface area contributed by atoms with E-state index in [9.17, 15) is 29.1 Å². The van der Waals surface area contributed by atoms with E-state index in [-0.39, 0.29) is 74.7 Å². The van der Waals surface area contributed by atoms with Crippen LogP contribution in [0.5, 0.6) is 11.5 Å². The van der Waals surface area contributed by atoms with Gasteiger partial charge in [0.1, 0.15) is 36.9 Å². The summed E-state index contributed by atoms with van der Waals surface area (Å²) in [6.07, 6.45) is 13.1. The van der Waals surface area contributed by atoms with E-state index in [1.165, 1.54) is 7.11 Å². The second-order valence-corrected chi connectivity index (χ2v) is 13.3. The molecule has 0 saturated carbocycles. The summed E-state index contributed by atoms with van der Waals surface area (Å²) in [6, 6.07) is 0. The van der Waals surface area contributed by atoms with E-state index in [2.05, 4.69) is 0 Å². The zero-order chi connectivity index (χ0) is 38.3. The summed E-state index contributed by atoms with van der Waals surface area (Å²) in [4.78, 5) is 60.2. The summed E-state index contributed by atoms with van der Waals surface area (Å²) in [5.41, 5.74) is 3.13. The fourth-order valence-electron chi connectivity index (χ4n) is 5.86. The normalized spacial score (nSPS) is 12.3. The molecular formula is C40H60O12. The SMILES string of the molecule is CCCC(=O)OCC(COC(=O)CCC)OC(=O)CCCCCCCCCCCOC(=O)CC/C(C)=C/Cc1c(O)c2c(c(C)c1OC)COC2=O. The molecule has 292 valence electrons. The number of phenols is 1. The van der Waals surface area contributed by atoms with Crippen LogP contribution < -0.4 is 4.74 Å². The highest BCUT2D eigenvalue weighted by molar-refractivity contribution is 5.98.